The standard InChI is InChI=1S/C18H17N3O2S/c1-3-11-21(12-13-6-8-14(23-2)9-7-13)18(22)17-20-15-5-4-10-19-16(15)24-17/h3-10H,1,11-12H2,2H3. The highest BCUT2D eigenvalue weighted by atomic mass is 32.1. The molecule has 0 aliphatic carbocycles. The van der Waals surface area contributed by atoms with E-state index in [1.165, 1.54) is 11.3 Å². The Morgan fingerprint density at radius 2 is 2.12 bits per heavy atom. The molecule has 0 atom stereocenters. The molecule has 0 N–H and O–H groups in total. The number of carbonyl (C=O) groups is 1. The van der Waals surface area contributed by atoms with Gasteiger partial charge in [0, 0.05) is 19.3 Å². The topological polar surface area (TPSA) is 55.3 Å². The fraction of sp³-hybridized carbons (Fsp3) is 0.167. The van der Waals surface area contributed by atoms with Crippen molar-refractivity contribution in [1.29, 1.82) is 0 Å². The van der Waals surface area contributed by atoms with Gasteiger partial charge in [-0.3, -0.25) is 4.79 Å². The number of nitrogens with zero attached hydrogens (tertiary/aromatic N) is 3. The van der Waals surface area contributed by atoms with E-state index in [1.54, 1.807) is 24.3 Å². The predicted molar refractivity (Wildman–Crippen MR) is 95.3 cm³/mol. The van der Waals surface area contributed by atoms with Crippen LogP contribution in [-0.4, -0.2) is 34.4 Å². The number of aromatic nitrogens is 2. The second-order valence-corrected chi connectivity index (χ2v) is 6.15. The summed E-state index contributed by atoms with van der Waals surface area (Å²) in [6.45, 7) is 4.68. The molecule has 0 bridgehead atoms. The Morgan fingerprint density at radius 1 is 1.33 bits per heavy atom. The van der Waals surface area contributed by atoms with Gasteiger partial charge in [-0.15, -0.1) is 6.58 Å². The third-order valence-corrected chi connectivity index (χ3v) is 4.49. The maximum atomic E-state index is 12.8. The lowest BCUT2D eigenvalue weighted by Crippen LogP contribution is -2.30. The summed E-state index contributed by atoms with van der Waals surface area (Å²) in [5.74, 6) is 0.673. The second kappa shape index (κ2) is 7.23. The van der Waals surface area contributed by atoms with E-state index in [1.807, 2.05) is 36.4 Å². The van der Waals surface area contributed by atoms with Crippen LogP contribution in [0.1, 0.15) is 15.4 Å². The van der Waals surface area contributed by atoms with Crippen LogP contribution < -0.4 is 4.74 Å². The average Bonchev–Trinajstić information content (AvgIpc) is 3.05. The van der Waals surface area contributed by atoms with Gasteiger partial charge in [-0.2, -0.15) is 0 Å². The summed E-state index contributed by atoms with van der Waals surface area (Å²) in [6.07, 6.45) is 3.42. The van der Waals surface area contributed by atoms with Crippen molar-refractivity contribution in [3.8, 4) is 5.75 Å². The molecule has 0 spiro atoms. The minimum atomic E-state index is -0.117. The maximum absolute atomic E-state index is 12.8. The molecular weight excluding hydrogens is 322 g/mol. The number of ether oxygens (including phenoxy) is 1. The number of hydrogen-bond donors (Lipinski definition) is 0. The van der Waals surface area contributed by atoms with E-state index < -0.39 is 0 Å². The van der Waals surface area contributed by atoms with Crippen molar-refractivity contribution >= 4 is 27.6 Å². The highest BCUT2D eigenvalue weighted by molar-refractivity contribution is 7.19. The average molecular weight is 339 g/mol. The van der Waals surface area contributed by atoms with Crippen LogP contribution in [0.25, 0.3) is 10.3 Å². The van der Waals surface area contributed by atoms with Gasteiger partial charge in [0.2, 0.25) is 0 Å². The number of amides is 1. The molecule has 24 heavy (non-hydrogen) atoms. The Labute approximate surface area is 144 Å². The van der Waals surface area contributed by atoms with Gasteiger partial charge in [-0.25, -0.2) is 9.97 Å². The number of thiazole rings is 1. The second-order valence-electron chi connectivity index (χ2n) is 5.17. The first-order valence-electron chi connectivity index (χ1n) is 7.46. The fourth-order valence-electron chi connectivity index (χ4n) is 2.32. The molecule has 122 valence electrons. The number of rotatable bonds is 6. The molecule has 5 nitrogen and oxygen atoms in total. The van der Waals surface area contributed by atoms with Gasteiger partial charge in [0.25, 0.3) is 5.91 Å². The van der Waals surface area contributed by atoms with Gasteiger partial charge in [-0.05, 0) is 29.8 Å². The van der Waals surface area contributed by atoms with Gasteiger partial charge in [0.1, 0.15) is 16.1 Å². The van der Waals surface area contributed by atoms with Gasteiger partial charge < -0.3 is 9.64 Å². The monoisotopic (exact) mass is 339 g/mol. The molecule has 0 unspecified atom stereocenters. The van der Waals surface area contributed by atoms with Gasteiger partial charge >= 0.3 is 0 Å². The molecule has 0 aliphatic heterocycles. The molecule has 0 radical (unpaired) electrons. The number of benzene rings is 1. The molecule has 1 amide bonds. The van der Waals surface area contributed by atoms with Crippen LogP contribution in [0, 0.1) is 0 Å². The van der Waals surface area contributed by atoms with Crippen LogP contribution in [-0.2, 0) is 6.54 Å². The molecule has 0 fully saturated rings. The van der Waals surface area contributed by atoms with Crippen molar-refractivity contribution < 1.29 is 9.53 Å². The van der Waals surface area contributed by atoms with E-state index in [4.69, 9.17) is 4.74 Å². The van der Waals surface area contributed by atoms with Crippen LogP contribution in [0.5, 0.6) is 5.75 Å². The van der Waals surface area contributed by atoms with E-state index in [0.717, 1.165) is 21.7 Å². The van der Waals surface area contributed by atoms with Gasteiger partial charge in [0.15, 0.2) is 5.01 Å². The SMILES string of the molecule is C=CCN(Cc1ccc(OC)cc1)C(=O)c1nc2cccnc2s1. The Kier molecular flexibility index (Phi) is 4.86. The van der Waals surface area contributed by atoms with Crippen molar-refractivity contribution in [3.63, 3.8) is 0 Å². The van der Waals surface area contributed by atoms with E-state index in [0.29, 0.717) is 18.1 Å². The normalized spacial score (nSPS) is 10.5. The molecule has 2 aromatic heterocycles. The summed E-state index contributed by atoms with van der Waals surface area (Å²) in [4.78, 5) is 23.9. The Hall–Kier alpha value is -2.73. The molecule has 1 aromatic carbocycles. The van der Waals surface area contributed by atoms with Gasteiger partial charge in [0.05, 0.1) is 7.11 Å². The summed E-state index contributed by atoms with van der Waals surface area (Å²) in [5, 5.41) is 0.444. The number of hydrogen-bond acceptors (Lipinski definition) is 5. The van der Waals surface area contributed by atoms with E-state index in [9.17, 15) is 4.79 Å². The quantitative estimate of drug-likeness (QED) is 0.645. The molecule has 0 saturated heterocycles. The molecule has 3 aromatic rings. The maximum Gasteiger partial charge on any atom is 0.283 e. The molecule has 3 rings (SSSR count). The summed E-state index contributed by atoms with van der Waals surface area (Å²) in [7, 11) is 1.63. The molecular formula is C18H17N3O2S. The zero-order valence-electron chi connectivity index (χ0n) is 13.3. The first-order chi connectivity index (χ1) is 11.7. The summed E-state index contributed by atoms with van der Waals surface area (Å²) in [6, 6.07) is 11.3. The molecule has 0 saturated carbocycles. The Morgan fingerprint density at radius 3 is 2.79 bits per heavy atom. The van der Waals surface area contributed by atoms with Crippen LogP contribution in [0.4, 0.5) is 0 Å². The zero-order chi connectivity index (χ0) is 16.9. The van der Waals surface area contributed by atoms with Crippen molar-refractivity contribution in [2.75, 3.05) is 13.7 Å². The van der Waals surface area contributed by atoms with E-state index in [-0.39, 0.29) is 5.91 Å². The van der Waals surface area contributed by atoms with Crippen LogP contribution >= 0.6 is 11.3 Å². The van der Waals surface area contributed by atoms with Crippen molar-refractivity contribution in [1.82, 2.24) is 14.9 Å². The summed E-state index contributed by atoms with van der Waals surface area (Å²) >= 11 is 1.31. The highest BCUT2D eigenvalue weighted by Gasteiger charge is 2.19. The van der Waals surface area contributed by atoms with Gasteiger partial charge in [-0.1, -0.05) is 29.5 Å². The summed E-state index contributed by atoms with van der Waals surface area (Å²) in [5.41, 5.74) is 1.76. The predicted octanol–water partition coefficient (Wildman–Crippen LogP) is 3.53. The number of methoxy groups -OCH3 is 1. The smallest absolute Gasteiger partial charge is 0.283 e. The minimum absolute atomic E-state index is 0.117. The lowest BCUT2D eigenvalue weighted by Gasteiger charge is -2.20. The highest BCUT2D eigenvalue weighted by Crippen LogP contribution is 2.21. The molecule has 2 heterocycles. The Balaban J connectivity index is 1.83. The Bertz CT molecular complexity index is 825. The van der Waals surface area contributed by atoms with Crippen molar-refractivity contribution in [3.05, 3.63) is 65.8 Å². The van der Waals surface area contributed by atoms with Crippen LogP contribution in [0.3, 0.4) is 0 Å². The minimum Gasteiger partial charge on any atom is -0.497 e. The first kappa shape index (κ1) is 16.1. The zero-order valence-corrected chi connectivity index (χ0v) is 14.1. The van der Waals surface area contributed by atoms with Crippen LogP contribution in [0.15, 0.2) is 55.3 Å². The lowest BCUT2D eigenvalue weighted by atomic mass is 10.2. The third kappa shape index (κ3) is 3.44. The number of fused-ring (bicyclic) bond motifs is 1. The number of carbonyl (C=O) groups excluding carboxylic acids is 1. The fourth-order valence-corrected chi connectivity index (χ4v) is 3.20. The third-order valence-electron chi connectivity index (χ3n) is 3.52. The molecule has 6 heteroatoms. The summed E-state index contributed by atoms with van der Waals surface area (Å²) < 4.78 is 5.16. The lowest BCUT2D eigenvalue weighted by molar-refractivity contribution is 0.0762. The van der Waals surface area contributed by atoms with E-state index >= 15 is 0 Å². The number of pyridine rings is 1. The largest absolute Gasteiger partial charge is 0.497 e. The van der Waals surface area contributed by atoms with Crippen LogP contribution in [0.2, 0.25) is 0 Å². The van der Waals surface area contributed by atoms with Crippen molar-refractivity contribution in [2.45, 2.75) is 6.54 Å². The molecule has 0 aliphatic rings. The first-order valence-corrected chi connectivity index (χ1v) is 8.27. The van der Waals surface area contributed by atoms with Crippen molar-refractivity contribution in [2.24, 2.45) is 0 Å². The van der Waals surface area contributed by atoms with E-state index in [2.05, 4.69) is 16.5 Å².